The van der Waals surface area contributed by atoms with Gasteiger partial charge in [-0.1, -0.05) is 17.4 Å². The van der Waals surface area contributed by atoms with Gasteiger partial charge in [-0.25, -0.2) is 0 Å². The van der Waals surface area contributed by atoms with Crippen molar-refractivity contribution in [3.05, 3.63) is 50.8 Å². The number of ether oxygens (including phenoxy) is 5. The Bertz CT molecular complexity index is 1400. The first-order chi connectivity index (χ1) is 16.5. The SMILES string of the molecule is CCOc1ccc(/C=c2\sc3nc(-c4cc(OC)c(OC)c(OC)c4)nn3c2=O)cc1OCC. The molecule has 0 atom stereocenters. The molecule has 0 aliphatic rings. The van der Waals surface area contributed by atoms with Crippen LogP contribution in [0.4, 0.5) is 0 Å². The highest BCUT2D eigenvalue weighted by molar-refractivity contribution is 7.15. The quantitative estimate of drug-likeness (QED) is 0.358. The molecule has 0 N–H and O–H groups in total. The molecule has 4 aromatic rings. The van der Waals surface area contributed by atoms with Crippen molar-refractivity contribution in [2.45, 2.75) is 13.8 Å². The van der Waals surface area contributed by atoms with Gasteiger partial charge < -0.3 is 23.7 Å². The third-order valence-corrected chi connectivity index (χ3v) is 5.93. The van der Waals surface area contributed by atoms with E-state index in [4.69, 9.17) is 23.7 Å². The summed E-state index contributed by atoms with van der Waals surface area (Å²) in [4.78, 5) is 18.1. The Morgan fingerprint density at radius 3 is 2.18 bits per heavy atom. The number of benzene rings is 2. The number of hydrogen-bond acceptors (Lipinski definition) is 9. The van der Waals surface area contributed by atoms with E-state index >= 15 is 0 Å². The molecular formula is C24H25N3O6S. The van der Waals surface area contributed by atoms with E-state index in [1.165, 1.54) is 37.2 Å². The van der Waals surface area contributed by atoms with Crippen LogP contribution >= 0.6 is 11.3 Å². The van der Waals surface area contributed by atoms with E-state index < -0.39 is 0 Å². The summed E-state index contributed by atoms with van der Waals surface area (Å²) >= 11 is 1.26. The zero-order valence-corrected chi connectivity index (χ0v) is 20.4. The average Bonchev–Trinajstić information content (AvgIpc) is 3.39. The smallest absolute Gasteiger partial charge is 0.291 e. The molecule has 0 saturated carbocycles. The largest absolute Gasteiger partial charge is 0.493 e. The fraction of sp³-hybridized carbons (Fsp3) is 0.292. The van der Waals surface area contributed by atoms with E-state index in [1.54, 1.807) is 18.2 Å². The van der Waals surface area contributed by atoms with Crippen molar-refractivity contribution < 1.29 is 23.7 Å². The molecule has 0 radical (unpaired) electrons. The highest BCUT2D eigenvalue weighted by Crippen LogP contribution is 2.40. The molecular weight excluding hydrogens is 458 g/mol. The Morgan fingerprint density at radius 1 is 0.912 bits per heavy atom. The van der Waals surface area contributed by atoms with Gasteiger partial charge in [0.1, 0.15) is 0 Å². The number of hydrogen-bond donors (Lipinski definition) is 0. The summed E-state index contributed by atoms with van der Waals surface area (Å²) in [5.41, 5.74) is 1.21. The van der Waals surface area contributed by atoms with Crippen LogP contribution in [0.15, 0.2) is 35.1 Å². The molecule has 0 bridgehead atoms. The van der Waals surface area contributed by atoms with Gasteiger partial charge in [-0.15, -0.1) is 5.10 Å². The van der Waals surface area contributed by atoms with Crippen LogP contribution in [0, 0.1) is 0 Å². The van der Waals surface area contributed by atoms with Gasteiger partial charge in [0.2, 0.25) is 10.7 Å². The Morgan fingerprint density at radius 2 is 1.59 bits per heavy atom. The van der Waals surface area contributed by atoms with Crippen molar-refractivity contribution in [2.75, 3.05) is 34.5 Å². The summed E-state index contributed by atoms with van der Waals surface area (Å²) in [6, 6.07) is 9.06. The number of nitrogens with zero attached hydrogens (tertiary/aromatic N) is 3. The molecule has 178 valence electrons. The van der Waals surface area contributed by atoms with Gasteiger partial charge >= 0.3 is 0 Å². The first kappa shape index (κ1) is 23.4. The number of aromatic nitrogens is 3. The Labute approximate surface area is 200 Å². The van der Waals surface area contributed by atoms with Gasteiger partial charge in [0.15, 0.2) is 28.8 Å². The van der Waals surface area contributed by atoms with Crippen LogP contribution in [0.1, 0.15) is 19.4 Å². The second kappa shape index (κ2) is 10.0. The standard InChI is InChI=1S/C24H25N3O6S/c1-6-32-16-9-8-14(10-17(16)33-7-2)11-20-23(28)27-24(34-20)25-22(26-27)15-12-18(29-3)21(31-5)19(13-15)30-4/h8-13H,6-7H2,1-5H3/b20-11-. The second-order valence-electron chi connectivity index (χ2n) is 7.03. The summed E-state index contributed by atoms with van der Waals surface area (Å²) in [7, 11) is 4.61. The Hall–Kier alpha value is -3.79. The minimum Gasteiger partial charge on any atom is -0.493 e. The van der Waals surface area contributed by atoms with Gasteiger partial charge in [-0.05, 0) is 49.8 Å². The Kier molecular flexibility index (Phi) is 6.87. The predicted octanol–water partition coefficient (Wildman–Crippen LogP) is 3.19. The summed E-state index contributed by atoms with van der Waals surface area (Å²) in [6.45, 7) is 4.88. The molecule has 0 aliphatic heterocycles. The first-order valence-electron chi connectivity index (χ1n) is 10.6. The number of methoxy groups -OCH3 is 3. The van der Waals surface area contributed by atoms with E-state index in [0.29, 0.717) is 62.8 Å². The van der Waals surface area contributed by atoms with Crippen LogP contribution in [0.3, 0.4) is 0 Å². The molecule has 10 heteroatoms. The van der Waals surface area contributed by atoms with Gasteiger partial charge in [0, 0.05) is 5.56 Å². The van der Waals surface area contributed by atoms with Crippen LogP contribution in [-0.2, 0) is 0 Å². The van der Waals surface area contributed by atoms with Crippen molar-refractivity contribution in [3.8, 4) is 40.1 Å². The van der Waals surface area contributed by atoms with Crippen LogP contribution in [0.2, 0.25) is 0 Å². The highest BCUT2D eigenvalue weighted by atomic mass is 32.1. The molecule has 2 aromatic carbocycles. The van der Waals surface area contributed by atoms with E-state index in [9.17, 15) is 4.79 Å². The van der Waals surface area contributed by atoms with Crippen molar-refractivity contribution >= 4 is 22.4 Å². The van der Waals surface area contributed by atoms with Crippen molar-refractivity contribution in [1.29, 1.82) is 0 Å². The van der Waals surface area contributed by atoms with E-state index in [2.05, 4.69) is 10.1 Å². The lowest BCUT2D eigenvalue weighted by Gasteiger charge is -2.12. The number of rotatable bonds is 9. The zero-order chi connectivity index (χ0) is 24.2. The van der Waals surface area contributed by atoms with Gasteiger partial charge in [-0.2, -0.15) is 9.50 Å². The van der Waals surface area contributed by atoms with Crippen LogP contribution in [-0.4, -0.2) is 49.1 Å². The van der Waals surface area contributed by atoms with Crippen LogP contribution in [0.5, 0.6) is 28.7 Å². The molecule has 0 unspecified atom stereocenters. The molecule has 0 aliphatic carbocycles. The normalized spacial score (nSPS) is 11.6. The molecule has 0 amide bonds. The van der Waals surface area contributed by atoms with Crippen molar-refractivity contribution in [3.63, 3.8) is 0 Å². The first-order valence-corrected chi connectivity index (χ1v) is 11.5. The molecule has 34 heavy (non-hydrogen) atoms. The monoisotopic (exact) mass is 483 g/mol. The molecule has 9 nitrogen and oxygen atoms in total. The predicted molar refractivity (Wildman–Crippen MR) is 130 cm³/mol. The van der Waals surface area contributed by atoms with E-state index in [1.807, 2.05) is 32.0 Å². The zero-order valence-electron chi connectivity index (χ0n) is 19.6. The van der Waals surface area contributed by atoms with Crippen LogP contribution in [0.25, 0.3) is 22.4 Å². The number of thiazole rings is 1. The lowest BCUT2D eigenvalue weighted by Crippen LogP contribution is -2.23. The minimum absolute atomic E-state index is 0.252. The summed E-state index contributed by atoms with van der Waals surface area (Å²) in [5, 5.41) is 4.42. The van der Waals surface area contributed by atoms with Crippen molar-refractivity contribution in [1.82, 2.24) is 14.6 Å². The topological polar surface area (TPSA) is 93.4 Å². The van der Waals surface area contributed by atoms with Crippen LogP contribution < -0.4 is 33.8 Å². The molecule has 0 fully saturated rings. The summed E-state index contributed by atoms with van der Waals surface area (Å²) in [6.07, 6.45) is 1.79. The fourth-order valence-electron chi connectivity index (χ4n) is 3.48. The maximum Gasteiger partial charge on any atom is 0.291 e. The Balaban J connectivity index is 1.75. The minimum atomic E-state index is -0.252. The van der Waals surface area contributed by atoms with Gasteiger partial charge in [0.25, 0.3) is 5.56 Å². The molecule has 4 rings (SSSR count). The lowest BCUT2D eigenvalue weighted by molar-refractivity contribution is 0.287. The third-order valence-electron chi connectivity index (χ3n) is 4.97. The summed E-state index contributed by atoms with van der Waals surface area (Å²) in [5.74, 6) is 3.11. The molecule has 0 spiro atoms. The lowest BCUT2D eigenvalue weighted by atomic mass is 10.1. The van der Waals surface area contributed by atoms with Gasteiger partial charge in [0.05, 0.1) is 39.1 Å². The highest BCUT2D eigenvalue weighted by Gasteiger charge is 2.18. The van der Waals surface area contributed by atoms with Gasteiger partial charge in [-0.3, -0.25) is 4.79 Å². The third kappa shape index (κ3) is 4.36. The molecule has 2 heterocycles. The molecule has 0 saturated heterocycles. The maximum absolute atomic E-state index is 13.0. The number of fused-ring (bicyclic) bond motifs is 1. The second-order valence-corrected chi connectivity index (χ2v) is 8.04. The van der Waals surface area contributed by atoms with Crippen molar-refractivity contribution in [2.24, 2.45) is 0 Å². The van der Waals surface area contributed by atoms with E-state index in [-0.39, 0.29) is 5.56 Å². The van der Waals surface area contributed by atoms with E-state index in [0.717, 1.165) is 5.56 Å². The maximum atomic E-state index is 13.0. The molecule has 2 aromatic heterocycles. The fourth-order valence-corrected chi connectivity index (χ4v) is 4.38. The summed E-state index contributed by atoms with van der Waals surface area (Å²) < 4.78 is 29.3. The average molecular weight is 484 g/mol.